The minimum atomic E-state index is -1.01. The van der Waals surface area contributed by atoms with Crippen LogP contribution in [0, 0.1) is 27.7 Å². The van der Waals surface area contributed by atoms with Crippen LogP contribution in [0.25, 0.3) is 0 Å². The molecule has 0 atom stereocenters. The molecule has 0 unspecified atom stereocenters. The second-order valence-corrected chi connectivity index (χ2v) is 3.79. The van der Waals surface area contributed by atoms with Crippen LogP contribution >= 0.6 is 0 Å². The lowest BCUT2D eigenvalue weighted by Crippen LogP contribution is -2.05. The highest BCUT2D eigenvalue weighted by atomic mass is 16.4. The van der Waals surface area contributed by atoms with Gasteiger partial charge in [0.15, 0.2) is 0 Å². The molecule has 1 aromatic rings. The van der Waals surface area contributed by atoms with E-state index in [1.165, 1.54) is 0 Å². The normalized spacial score (nSPS) is 10.3. The zero-order chi connectivity index (χ0) is 10.9. The van der Waals surface area contributed by atoms with Crippen LogP contribution in [0.3, 0.4) is 0 Å². The molecule has 0 amide bonds. The number of carbonyl (C=O) groups is 1. The van der Waals surface area contributed by atoms with E-state index in [1.807, 2.05) is 27.7 Å². The topological polar surface area (TPSA) is 37.0 Å². The van der Waals surface area contributed by atoms with Gasteiger partial charge in [-0.2, -0.15) is 0 Å². The number of hydrogen-bond acceptors (Lipinski definition) is 1. The Bertz CT molecular complexity index is 352. The molecule has 0 spiro atoms. The average Bonchev–Trinajstić information content (AvgIpc) is 2.09. The summed E-state index contributed by atoms with van der Waals surface area (Å²) in [6.07, 6.45) is 0.0141. The van der Waals surface area contributed by atoms with Gasteiger partial charge < -0.3 is 0 Å². The molecule has 0 heterocycles. The van der Waals surface area contributed by atoms with E-state index in [4.69, 9.17) is 0 Å². The van der Waals surface area contributed by atoms with Gasteiger partial charge in [0, 0.05) is 0 Å². The summed E-state index contributed by atoms with van der Waals surface area (Å²) in [7, 11) is 0. The van der Waals surface area contributed by atoms with E-state index in [2.05, 4.69) is 6.07 Å². The van der Waals surface area contributed by atoms with E-state index < -0.39 is 5.97 Å². The predicted octanol–water partition coefficient (Wildman–Crippen LogP) is 2.42. The number of hydrogen-bond donors (Lipinski definition) is 0. The first-order valence-corrected chi connectivity index (χ1v) is 4.69. The molecule has 2 heteroatoms. The molecule has 0 aliphatic carbocycles. The minimum Gasteiger partial charge on any atom is -0.247 e. The third kappa shape index (κ3) is 1.95. The SMILES string of the molecule is Cc1cc(C)c(C)c(CC([O])=O)c1C. The number of aryl methyl sites for hydroxylation is 2. The van der Waals surface area contributed by atoms with Gasteiger partial charge in [0.1, 0.15) is 0 Å². The Hall–Kier alpha value is -1.31. The van der Waals surface area contributed by atoms with Crippen LogP contribution in [0.2, 0.25) is 0 Å². The molecule has 75 valence electrons. The van der Waals surface area contributed by atoms with Gasteiger partial charge in [-0.1, -0.05) is 6.07 Å². The fourth-order valence-electron chi connectivity index (χ4n) is 1.71. The number of rotatable bonds is 2. The molecule has 1 rings (SSSR count). The van der Waals surface area contributed by atoms with E-state index in [0.717, 1.165) is 27.8 Å². The molecule has 0 saturated carbocycles. The van der Waals surface area contributed by atoms with Crippen LogP contribution in [0.5, 0.6) is 0 Å². The molecular weight excluding hydrogens is 176 g/mol. The van der Waals surface area contributed by atoms with Gasteiger partial charge in [-0.25, -0.2) is 9.90 Å². The molecule has 0 fully saturated rings. The maximum Gasteiger partial charge on any atom is 0.359 e. The lowest BCUT2D eigenvalue weighted by molar-refractivity contribution is -0.142. The van der Waals surface area contributed by atoms with Crippen molar-refractivity contribution in [2.24, 2.45) is 0 Å². The molecule has 0 bridgehead atoms. The van der Waals surface area contributed by atoms with Gasteiger partial charge in [-0.15, -0.1) is 0 Å². The highest BCUT2D eigenvalue weighted by Gasteiger charge is 2.12. The zero-order valence-electron chi connectivity index (χ0n) is 9.10. The van der Waals surface area contributed by atoms with Crippen LogP contribution in [0.4, 0.5) is 0 Å². The van der Waals surface area contributed by atoms with Gasteiger partial charge in [0.2, 0.25) is 0 Å². The quantitative estimate of drug-likeness (QED) is 0.707. The second kappa shape index (κ2) is 3.82. The maximum atomic E-state index is 10.6. The summed E-state index contributed by atoms with van der Waals surface area (Å²) in [5.41, 5.74) is 5.32. The Morgan fingerprint density at radius 1 is 1.07 bits per heavy atom. The van der Waals surface area contributed by atoms with Crippen LogP contribution in [-0.4, -0.2) is 5.97 Å². The monoisotopic (exact) mass is 191 g/mol. The number of benzene rings is 1. The molecule has 0 aliphatic heterocycles. The van der Waals surface area contributed by atoms with Gasteiger partial charge in [-0.3, -0.25) is 0 Å². The van der Waals surface area contributed by atoms with E-state index >= 15 is 0 Å². The molecule has 0 saturated heterocycles. The minimum absolute atomic E-state index is 0.0141. The first-order valence-electron chi connectivity index (χ1n) is 4.69. The third-order valence-corrected chi connectivity index (χ3v) is 2.84. The summed E-state index contributed by atoms with van der Waals surface area (Å²) in [5, 5.41) is 10.6. The largest absolute Gasteiger partial charge is 0.359 e. The molecule has 1 radical (unpaired) electrons. The van der Waals surface area contributed by atoms with Crippen LogP contribution in [-0.2, 0) is 16.3 Å². The Balaban J connectivity index is 3.31. The van der Waals surface area contributed by atoms with Crippen molar-refractivity contribution in [3.63, 3.8) is 0 Å². The van der Waals surface area contributed by atoms with Gasteiger partial charge in [0.25, 0.3) is 0 Å². The molecule has 0 N–H and O–H groups in total. The Morgan fingerprint density at radius 3 is 1.86 bits per heavy atom. The highest BCUT2D eigenvalue weighted by Crippen LogP contribution is 2.21. The van der Waals surface area contributed by atoms with Gasteiger partial charge in [0.05, 0.1) is 6.42 Å². The van der Waals surface area contributed by atoms with Crippen LogP contribution in [0.15, 0.2) is 6.07 Å². The van der Waals surface area contributed by atoms with Crippen LogP contribution < -0.4 is 0 Å². The van der Waals surface area contributed by atoms with Crippen molar-refractivity contribution in [2.45, 2.75) is 34.1 Å². The summed E-state index contributed by atoms with van der Waals surface area (Å²) in [6.45, 7) is 7.92. The van der Waals surface area contributed by atoms with Crippen molar-refractivity contribution >= 4 is 5.97 Å². The Morgan fingerprint density at radius 2 is 1.50 bits per heavy atom. The van der Waals surface area contributed by atoms with Gasteiger partial charge in [-0.05, 0) is 55.5 Å². The number of carbonyl (C=O) groups excluding carboxylic acids is 1. The third-order valence-electron chi connectivity index (χ3n) is 2.84. The molecule has 1 aromatic carbocycles. The maximum absolute atomic E-state index is 10.6. The Labute approximate surface area is 84.6 Å². The first kappa shape index (κ1) is 10.8. The second-order valence-electron chi connectivity index (χ2n) is 3.79. The molecule has 0 aromatic heterocycles. The molecule has 14 heavy (non-hydrogen) atoms. The van der Waals surface area contributed by atoms with Crippen molar-refractivity contribution in [3.05, 3.63) is 33.9 Å². The van der Waals surface area contributed by atoms with E-state index in [-0.39, 0.29) is 6.42 Å². The van der Waals surface area contributed by atoms with E-state index in [9.17, 15) is 9.90 Å². The highest BCUT2D eigenvalue weighted by molar-refractivity contribution is 5.71. The fourth-order valence-corrected chi connectivity index (χ4v) is 1.71. The van der Waals surface area contributed by atoms with Crippen LogP contribution in [0.1, 0.15) is 27.8 Å². The Kier molecular flexibility index (Phi) is 2.94. The summed E-state index contributed by atoms with van der Waals surface area (Å²) in [4.78, 5) is 10.6. The van der Waals surface area contributed by atoms with Crippen molar-refractivity contribution in [1.29, 1.82) is 0 Å². The summed E-state index contributed by atoms with van der Waals surface area (Å²) >= 11 is 0. The summed E-state index contributed by atoms with van der Waals surface area (Å²) < 4.78 is 0. The van der Waals surface area contributed by atoms with E-state index in [0.29, 0.717) is 0 Å². The van der Waals surface area contributed by atoms with Crippen molar-refractivity contribution in [2.75, 3.05) is 0 Å². The lowest BCUT2D eigenvalue weighted by Gasteiger charge is -2.12. The first-order chi connectivity index (χ1) is 6.43. The predicted molar refractivity (Wildman–Crippen MR) is 54.8 cm³/mol. The van der Waals surface area contributed by atoms with Crippen molar-refractivity contribution in [1.82, 2.24) is 0 Å². The smallest absolute Gasteiger partial charge is 0.247 e. The average molecular weight is 191 g/mol. The van der Waals surface area contributed by atoms with Crippen molar-refractivity contribution < 1.29 is 9.90 Å². The standard InChI is InChI=1S/C12H15O2/c1-7-5-8(2)10(4)11(9(7)3)6-12(13)14/h5H,6H2,1-4H3. The lowest BCUT2D eigenvalue weighted by atomic mass is 9.92. The van der Waals surface area contributed by atoms with E-state index in [1.54, 1.807) is 0 Å². The molecule has 0 aliphatic rings. The summed E-state index contributed by atoms with van der Waals surface area (Å²) in [6, 6.07) is 2.09. The van der Waals surface area contributed by atoms with Gasteiger partial charge >= 0.3 is 5.97 Å². The molecular formula is C12H15O2. The fraction of sp³-hybridized carbons (Fsp3) is 0.417. The summed E-state index contributed by atoms with van der Waals surface area (Å²) in [5.74, 6) is -1.01. The van der Waals surface area contributed by atoms with Crippen molar-refractivity contribution in [3.8, 4) is 0 Å². The molecule has 2 nitrogen and oxygen atoms in total. The zero-order valence-corrected chi connectivity index (χ0v) is 9.10.